The van der Waals surface area contributed by atoms with Crippen molar-refractivity contribution in [1.82, 2.24) is 0 Å². The third-order valence-electron chi connectivity index (χ3n) is 5.93. The molecule has 1 saturated heterocycles. The van der Waals surface area contributed by atoms with Gasteiger partial charge in [-0.2, -0.15) is 0 Å². The Balaban J connectivity index is 1.38. The summed E-state index contributed by atoms with van der Waals surface area (Å²) in [5, 5.41) is 3.44. The second-order valence-corrected chi connectivity index (χ2v) is 8.40. The molecule has 1 fully saturated rings. The van der Waals surface area contributed by atoms with Crippen LogP contribution in [0, 0.1) is 13.8 Å². The van der Waals surface area contributed by atoms with E-state index in [4.69, 9.17) is 4.74 Å². The van der Waals surface area contributed by atoms with E-state index in [-0.39, 0.29) is 5.97 Å². The lowest BCUT2D eigenvalue weighted by Crippen LogP contribution is -2.17. The highest BCUT2D eigenvalue weighted by molar-refractivity contribution is 5.90. The van der Waals surface area contributed by atoms with Crippen molar-refractivity contribution in [3.8, 4) is 0 Å². The van der Waals surface area contributed by atoms with Gasteiger partial charge in [0.15, 0.2) is 0 Å². The topological polar surface area (TPSA) is 65.6 Å². The maximum Gasteiger partial charge on any atom is 0.338 e. The number of hydrazine groups is 1. The summed E-state index contributed by atoms with van der Waals surface area (Å²) in [6, 6.07) is 20.1. The number of nitrogens with zero attached hydrogens (tertiary/aromatic N) is 1. The second-order valence-electron chi connectivity index (χ2n) is 8.40. The van der Waals surface area contributed by atoms with E-state index in [1.165, 1.54) is 18.5 Å². The first-order valence-electron chi connectivity index (χ1n) is 11.6. The molecule has 3 N–H and O–H groups in total. The fourth-order valence-electron chi connectivity index (χ4n) is 4.02. The van der Waals surface area contributed by atoms with Crippen molar-refractivity contribution in [2.24, 2.45) is 0 Å². The monoisotopic (exact) mass is 444 g/mol. The van der Waals surface area contributed by atoms with E-state index in [0.717, 1.165) is 47.0 Å². The van der Waals surface area contributed by atoms with E-state index in [9.17, 15) is 4.79 Å². The number of carbonyl (C=O) groups excluding carboxylic acids is 1. The molecular weight excluding hydrogens is 412 g/mol. The predicted octanol–water partition coefficient (Wildman–Crippen LogP) is 6.26. The standard InChI is InChI=1S/C27H32N4O2/c1-4-33-27(32)21-7-9-22(10-8-21)28-25-17-20(3)26(18-19(25)2)30-29-23-11-13-24(14-12-23)31-15-5-6-16-31/h7-14,17-18,28-30H,4-6,15-16H2,1-3H3. The van der Waals surface area contributed by atoms with Crippen molar-refractivity contribution >= 4 is 34.4 Å². The van der Waals surface area contributed by atoms with Crippen LogP contribution >= 0.6 is 0 Å². The number of ether oxygens (including phenoxy) is 1. The van der Waals surface area contributed by atoms with Gasteiger partial charge in [-0.05, 0) is 105 Å². The normalized spacial score (nSPS) is 13.0. The highest BCUT2D eigenvalue weighted by Crippen LogP contribution is 2.28. The smallest absolute Gasteiger partial charge is 0.338 e. The molecule has 0 spiro atoms. The Kier molecular flexibility index (Phi) is 7.03. The van der Waals surface area contributed by atoms with Crippen LogP contribution < -0.4 is 21.1 Å². The molecule has 0 saturated carbocycles. The number of hydrogen-bond acceptors (Lipinski definition) is 6. The minimum absolute atomic E-state index is 0.301. The number of rotatable bonds is 8. The van der Waals surface area contributed by atoms with Gasteiger partial charge in [-0.3, -0.25) is 0 Å². The first-order chi connectivity index (χ1) is 16.0. The van der Waals surface area contributed by atoms with Crippen LogP contribution in [0.15, 0.2) is 60.7 Å². The van der Waals surface area contributed by atoms with Gasteiger partial charge in [-0.1, -0.05) is 0 Å². The van der Waals surface area contributed by atoms with E-state index >= 15 is 0 Å². The highest BCUT2D eigenvalue weighted by atomic mass is 16.5. The zero-order chi connectivity index (χ0) is 23.2. The van der Waals surface area contributed by atoms with Gasteiger partial charge in [0.1, 0.15) is 0 Å². The molecule has 0 bridgehead atoms. The van der Waals surface area contributed by atoms with Crippen LogP contribution in [-0.4, -0.2) is 25.7 Å². The Hall–Kier alpha value is -3.67. The van der Waals surface area contributed by atoms with Gasteiger partial charge < -0.3 is 25.8 Å². The van der Waals surface area contributed by atoms with Crippen molar-refractivity contribution in [3.05, 3.63) is 77.4 Å². The van der Waals surface area contributed by atoms with Crippen LogP contribution in [0.4, 0.5) is 28.4 Å². The molecule has 172 valence electrons. The molecule has 33 heavy (non-hydrogen) atoms. The zero-order valence-electron chi connectivity index (χ0n) is 19.6. The minimum Gasteiger partial charge on any atom is -0.462 e. The van der Waals surface area contributed by atoms with Crippen LogP contribution in [0.3, 0.4) is 0 Å². The fraction of sp³-hybridized carbons (Fsp3) is 0.296. The molecule has 0 aromatic heterocycles. The Morgan fingerprint density at radius 2 is 1.45 bits per heavy atom. The van der Waals surface area contributed by atoms with E-state index in [1.807, 2.05) is 12.1 Å². The van der Waals surface area contributed by atoms with Gasteiger partial charge in [0, 0.05) is 30.2 Å². The predicted molar refractivity (Wildman–Crippen MR) is 137 cm³/mol. The van der Waals surface area contributed by atoms with Gasteiger partial charge >= 0.3 is 5.97 Å². The molecule has 0 aliphatic carbocycles. The lowest BCUT2D eigenvalue weighted by molar-refractivity contribution is 0.0526. The molecule has 1 aliphatic heterocycles. The molecule has 1 heterocycles. The number of benzene rings is 3. The lowest BCUT2D eigenvalue weighted by Gasteiger charge is -2.19. The summed E-state index contributed by atoms with van der Waals surface area (Å²) in [7, 11) is 0. The first kappa shape index (κ1) is 22.5. The summed E-state index contributed by atoms with van der Waals surface area (Å²) >= 11 is 0. The molecule has 0 atom stereocenters. The SMILES string of the molecule is CCOC(=O)c1ccc(Nc2cc(C)c(NNc3ccc(N4CCCC4)cc3)cc2C)cc1. The molecular formula is C27H32N4O2. The fourth-order valence-corrected chi connectivity index (χ4v) is 4.02. The van der Waals surface area contributed by atoms with Gasteiger partial charge in [0.05, 0.1) is 23.5 Å². The summed E-state index contributed by atoms with van der Waals surface area (Å²) in [5.74, 6) is -0.301. The van der Waals surface area contributed by atoms with Crippen molar-refractivity contribution < 1.29 is 9.53 Å². The minimum atomic E-state index is -0.301. The molecule has 3 aromatic carbocycles. The highest BCUT2D eigenvalue weighted by Gasteiger charge is 2.12. The third-order valence-corrected chi connectivity index (χ3v) is 5.93. The Morgan fingerprint density at radius 1 is 0.848 bits per heavy atom. The molecule has 6 nitrogen and oxygen atoms in total. The largest absolute Gasteiger partial charge is 0.462 e. The van der Waals surface area contributed by atoms with E-state index < -0.39 is 0 Å². The number of hydrogen-bond donors (Lipinski definition) is 3. The van der Waals surface area contributed by atoms with Gasteiger partial charge in [-0.25, -0.2) is 4.79 Å². The molecule has 0 unspecified atom stereocenters. The van der Waals surface area contributed by atoms with Gasteiger partial charge in [0.25, 0.3) is 0 Å². The van der Waals surface area contributed by atoms with E-state index in [0.29, 0.717) is 12.2 Å². The van der Waals surface area contributed by atoms with Gasteiger partial charge in [0.2, 0.25) is 0 Å². The Bertz CT molecular complexity index is 1090. The summed E-state index contributed by atoms with van der Waals surface area (Å²) in [4.78, 5) is 14.3. The summed E-state index contributed by atoms with van der Waals surface area (Å²) in [6.45, 7) is 8.63. The number of nitrogens with one attached hydrogen (secondary N) is 3. The number of esters is 1. The van der Waals surface area contributed by atoms with Crippen LogP contribution in [-0.2, 0) is 4.74 Å². The van der Waals surface area contributed by atoms with Crippen molar-refractivity contribution in [2.45, 2.75) is 33.6 Å². The molecule has 3 aromatic rings. The van der Waals surface area contributed by atoms with Crippen LogP contribution in [0.1, 0.15) is 41.3 Å². The average Bonchev–Trinajstić information content (AvgIpc) is 3.36. The van der Waals surface area contributed by atoms with Gasteiger partial charge in [-0.15, -0.1) is 0 Å². The lowest BCUT2D eigenvalue weighted by atomic mass is 10.1. The summed E-state index contributed by atoms with van der Waals surface area (Å²) in [5.41, 5.74) is 14.7. The maximum atomic E-state index is 11.8. The number of anilines is 5. The Labute approximate surface area is 195 Å². The number of aryl methyl sites for hydroxylation is 2. The quantitative estimate of drug-likeness (QED) is 0.281. The molecule has 4 rings (SSSR count). The zero-order valence-corrected chi connectivity index (χ0v) is 19.6. The van der Waals surface area contributed by atoms with E-state index in [2.05, 4.69) is 71.3 Å². The van der Waals surface area contributed by atoms with Crippen LogP contribution in [0.2, 0.25) is 0 Å². The maximum absolute atomic E-state index is 11.8. The summed E-state index contributed by atoms with van der Waals surface area (Å²) < 4.78 is 5.04. The third kappa shape index (κ3) is 5.58. The van der Waals surface area contributed by atoms with E-state index in [1.54, 1.807) is 19.1 Å². The second kappa shape index (κ2) is 10.3. The van der Waals surface area contributed by atoms with Crippen molar-refractivity contribution in [2.75, 3.05) is 40.8 Å². The molecule has 0 radical (unpaired) electrons. The van der Waals surface area contributed by atoms with Crippen LogP contribution in [0.5, 0.6) is 0 Å². The molecule has 1 aliphatic rings. The first-order valence-corrected chi connectivity index (χ1v) is 11.6. The van der Waals surface area contributed by atoms with Crippen LogP contribution in [0.25, 0.3) is 0 Å². The molecule has 6 heteroatoms. The van der Waals surface area contributed by atoms with Crippen molar-refractivity contribution in [1.29, 1.82) is 0 Å². The molecule has 0 amide bonds. The average molecular weight is 445 g/mol. The summed E-state index contributed by atoms with van der Waals surface area (Å²) in [6.07, 6.45) is 2.56. The Morgan fingerprint density at radius 3 is 2.12 bits per heavy atom. The van der Waals surface area contributed by atoms with Crippen molar-refractivity contribution in [3.63, 3.8) is 0 Å². The number of carbonyl (C=O) groups is 1.